The van der Waals surface area contributed by atoms with Crippen molar-refractivity contribution < 1.29 is 0 Å². The molecule has 9 heavy (non-hydrogen) atoms. The van der Waals surface area contributed by atoms with E-state index in [1.165, 1.54) is 17.3 Å². The maximum absolute atomic E-state index is 5.22. The van der Waals surface area contributed by atoms with Crippen LogP contribution in [0.3, 0.4) is 0 Å². The molecule has 0 spiro atoms. The molecule has 0 amide bonds. The number of rotatable bonds is 2. The summed E-state index contributed by atoms with van der Waals surface area (Å²) in [5, 5.41) is 3.61. The van der Waals surface area contributed by atoms with Crippen molar-refractivity contribution in [1.29, 1.82) is 0 Å². The number of nitrogens with zero attached hydrogens (tertiary/aromatic N) is 1. The number of thioether (sulfide) groups is 1. The second-order valence-electron chi connectivity index (χ2n) is 1.14. The number of hydrazone groups is 1. The molecule has 0 aliphatic heterocycles. The van der Waals surface area contributed by atoms with E-state index in [2.05, 4.69) is 5.10 Å². The largest absolute Gasteiger partial charge is 0.377 e. The van der Waals surface area contributed by atoms with Crippen molar-refractivity contribution >= 4 is 28.5 Å². The predicted molar refractivity (Wildman–Crippen MR) is 43.3 cm³/mol. The van der Waals surface area contributed by atoms with E-state index in [0.717, 1.165) is 0 Å². The molecule has 0 rings (SSSR count). The topological polar surface area (TPSA) is 64.4 Å². The van der Waals surface area contributed by atoms with Crippen molar-refractivity contribution in [3.05, 3.63) is 11.6 Å². The molecule has 4 N–H and O–H groups in total. The Morgan fingerprint density at radius 3 is 2.89 bits per heavy atom. The molecule has 0 aliphatic rings. The summed E-state index contributed by atoms with van der Waals surface area (Å²) in [6.07, 6.45) is 1.75. The lowest BCUT2D eigenvalue weighted by Gasteiger charge is -1.90. The Balaban J connectivity index is 3.28. The van der Waals surface area contributed by atoms with Crippen molar-refractivity contribution in [2.45, 2.75) is 0 Å². The van der Waals surface area contributed by atoms with Gasteiger partial charge < -0.3 is 11.6 Å². The fourth-order valence-corrected chi connectivity index (χ4v) is 0.840. The molecule has 0 atom stereocenters. The highest BCUT2D eigenvalue weighted by atomic mass is 35.5. The van der Waals surface area contributed by atoms with Gasteiger partial charge in [-0.25, -0.2) is 0 Å². The summed E-state index contributed by atoms with van der Waals surface area (Å²) in [5.74, 6) is 5.54. The maximum Gasteiger partial charge on any atom is 0.177 e. The molecular weight excluding hydrogens is 158 g/mol. The molecule has 0 aromatic rings. The molecule has 0 aliphatic carbocycles. The smallest absolute Gasteiger partial charge is 0.177 e. The lowest BCUT2D eigenvalue weighted by molar-refractivity contribution is 1.25. The van der Waals surface area contributed by atoms with Crippen molar-refractivity contribution in [2.75, 3.05) is 5.75 Å². The Labute approximate surface area is 63.1 Å². The number of halogens is 1. The first-order valence-corrected chi connectivity index (χ1v) is 3.65. The van der Waals surface area contributed by atoms with Crippen LogP contribution >= 0.6 is 23.4 Å². The second-order valence-corrected chi connectivity index (χ2v) is 2.43. The Kier molecular flexibility index (Phi) is 5.56. The van der Waals surface area contributed by atoms with E-state index in [1.54, 1.807) is 6.08 Å². The van der Waals surface area contributed by atoms with Crippen LogP contribution in [0.1, 0.15) is 0 Å². The molecule has 0 radical (unpaired) electrons. The molecule has 0 fully saturated rings. The first-order valence-electron chi connectivity index (χ1n) is 2.22. The molecule has 0 bridgehead atoms. The SMILES string of the molecule is NN=C(N)SCC=CCl. The fourth-order valence-electron chi connectivity index (χ4n) is 0.207. The van der Waals surface area contributed by atoms with Gasteiger partial charge in [0.15, 0.2) is 5.17 Å². The quantitative estimate of drug-likeness (QED) is 0.274. The van der Waals surface area contributed by atoms with Gasteiger partial charge in [0.1, 0.15) is 0 Å². The molecule has 0 heterocycles. The van der Waals surface area contributed by atoms with Gasteiger partial charge in [0.25, 0.3) is 0 Å². The highest BCUT2D eigenvalue weighted by Gasteiger charge is 1.86. The van der Waals surface area contributed by atoms with Gasteiger partial charge in [-0.1, -0.05) is 29.4 Å². The van der Waals surface area contributed by atoms with Crippen LogP contribution in [0.25, 0.3) is 0 Å². The summed E-state index contributed by atoms with van der Waals surface area (Å²) >= 11 is 6.55. The minimum atomic E-state index is 0.366. The van der Waals surface area contributed by atoms with Gasteiger partial charge in [-0.2, -0.15) is 5.10 Å². The van der Waals surface area contributed by atoms with Gasteiger partial charge >= 0.3 is 0 Å². The van der Waals surface area contributed by atoms with Crippen molar-refractivity contribution in [1.82, 2.24) is 0 Å². The number of hydrogen-bond donors (Lipinski definition) is 2. The average molecular weight is 166 g/mol. The normalized spacial score (nSPS) is 12.8. The van der Waals surface area contributed by atoms with Crippen LogP contribution < -0.4 is 11.6 Å². The minimum absolute atomic E-state index is 0.366. The molecule has 0 aromatic carbocycles. The van der Waals surface area contributed by atoms with Gasteiger partial charge in [-0.3, -0.25) is 0 Å². The summed E-state index contributed by atoms with van der Waals surface area (Å²) in [6.45, 7) is 0. The van der Waals surface area contributed by atoms with Crippen LogP contribution in [-0.4, -0.2) is 10.9 Å². The van der Waals surface area contributed by atoms with Crippen LogP contribution in [0, 0.1) is 0 Å². The van der Waals surface area contributed by atoms with Crippen LogP contribution in [0.2, 0.25) is 0 Å². The summed E-state index contributed by atoms with van der Waals surface area (Å²) in [7, 11) is 0. The number of hydrogen-bond acceptors (Lipinski definition) is 3. The van der Waals surface area contributed by atoms with Crippen molar-refractivity contribution in [3.8, 4) is 0 Å². The van der Waals surface area contributed by atoms with Crippen molar-refractivity contribution in [3.63, 3.8) is 0 Å². The van der Waals surface area contributed by atoms with E-state index in [1.807, 2.05) is 0 Å². The standard InChI is InChI=1S/C4H8ClN3S/c5-2-1-3-9-4(6)8-7/h1-2H,3,7H2,(H2,6,8). The molecule has 0 aromatic heterocycles. The fraction of sp³-hybridized carbons (Fsp3) is 0.250. The Morgan fingerprint density at radius 1 is 1.78 bits per heavy atom. The van der Waals surface area contributed by atoms with Gasteiger partial charge in [0.05, 0.1) is 0 Å². The van der Waals surface area contributed by atoms with Gasteiger partial charge in [0.2, 0.25) is 0 Å². The highest BCUT2D eigenvalue weighted by molar-refractivity contribution is 8.13. The van der Waals surface area contributed by atoms with E-state index in [4.69, 9.17) is 23.2 Å². The highest BCUT2D eigenvalue weighted by Crippen LogP contribution is 1.98. The van der Waals surface area contributed by atoms with Gasteiger partial charge in [-0.15, -0.1) is 0 Å². The summed E-state index contributed by atoms with van der Waals surface area (Å²) in [4.78, 5) is 0. The molecule has 0 saturated heterocycles. The van der Waals surface area contributed by atoms with Gasteiger partial charge in [0, 0.05) is 11.3 Å². The third-order valence-electron chi connectivity index (χ3n) is 0.544. The van der Waals surface area contributed by atoms with E-state index < -0.39 is 0 Å². The molecule has 3 nitrogen and oxygen atoms in total. The van der Waals surface area contributed by atoms with Crippen LogP contribution in [0.15, 0.2) is 16.7 Å². The molecular formula is C4H8ClN3S. The Hall–Kier alpha value is -0.350. The zero-order chi connectivity index (χ0) is 7.11. The molecule has 0 saturated carbocycles. The summed E-state index contributed by atoms with van der Waals surface area (Å²) in [5.41, 5.74) is 6.65. The van der Waals surface area contributed by atoms with E-state index in [0.29, 0.717) is 10.9 Å². The summed E-state index contributed by atoms with van der Waals surface area (Å²) < 4.78 is 0. The van der Waals surface area contributed by atoms with Crippen molar-refractivity contribution in [2.24, 2.45) is 16.7 Å². The van der Waals surface area contributed by atoms with Crippen LogP contribution in [0.4, 0.5) is 0 Å². The first kappa shape index (κ1) is 8.65. The maximum atomic E-state index is 5.22. The van der Waals surface area contributed by atoms with E-state index in [-0.39, 0.29) is 0 Å². The Morgan fingerprint density at radius 2 is 2.44 bits per heavy atom. The zero-order valence-corrected chi connectivity index (χ0v) is 6.32. The monoisotopic (exact) mass is 165 g/mol. The second kappa shape index (κ2) is 5.78. The minimum Gasteiger partial charge on any atom is -0.377 e. The lowest BCUT2D eigenvalue weighted by Crippen LogP contribution is -2.09. The molecule has 5 heteroatoms. The predicted octanol–water partition coefficient (Wildman–Crippen LogP) is 0.661. The third-order valence-corrected chi connectivity index (χ3v) is 1.48. The Bertz CT molecular complexity index is 123. The van der Waals surface area contributed by atoms with E-state index >= 15 is 0 Å². The van der Waals surface area contributed by atoms with Crippen LogP contribution in [-0.2, 0) is 0 Å². The van der Waals surface area contributed by atoms with E-state index in [9.17, 15) is 0 Å². The zero-order valence-electron chi connectivity index (χ0n) is 4.75. The number of nitrogens with two attached hydrogens (primary N) is 2. The van der Waals surface area contributed by atoms with Crippen LogP contribution in [0.5, 0.6) is 0 Å². The number of amidine groups is 1. The summed E-state index contributed by atoms with van der Waals surface area (Å²) in [6, 6.07) is 0. The third kappa shape index (κ3) is 5.52. The van der Waals surface area contributed by atoms with Gasteiger partial charge in [-0.05, 0) is 0 Å². The lowest BCUT2D eigenvalue weighted by atomic mass is 10.8. The molecule has 0 unspecified atom stereocenters. The average Bonchev–Trinajstić information content (AvgIpc) is 1.89. The first-order chi connectivity index (χ1) is 4.31. The molecule has 52 valence electrons.